The summed E-state index contributed by atoms with van der Waals surface area (Å²) in [4.78, 5) is 27.6. The van der Waals surface area contributed by atoms with E-state index in [0.717, 1.165) is 13.1 Å². The Labute approximate surface area is 122 Å². The number of likely N-dealkylation sites (tertiary alicyclic amines) is 1. The molecule has 1 fully saturated rings. The second kappa shape index (κ2) is 8.25. The van der Waals surface area contributed by atoms with Crippen LogP contribution in [0.25, 0.3) is 0 Å². The Kier molecular flexibility index (Phi) is 6.99. The van der Waals surface area contributed by atoms with Gasteiger partial charge in [0.1, 0.15) is 0 Å². The minimum Gasteiger partial charge on any atom is -0.465 e. The predicted octanol–water partition coefficient (Wildman–Crippen LogP) is 1.38. The first kappa shape index (κ1) is 17.0. The lowest BCUT2D eigenvalue weighted by Gasteiger charge is -2.36. The molecule has 2 unspecified atom stereocenters. The number of carbonyl (C=O) groups excluding carboxylic acids is 2. The maximum Gasteiger partial charge on any atom is 0.320 e. The third-order valence-corrected chi connectivity index (χ3v) is 3.69. The van der Waals surface area contributed by atoms with Gasteiger partial charge in [-0.2, -0.15) is 0 Å². The van der Waals surface area contributed by atoms with Crippen molar-refractivity contribution in [1.29, 1.82) is 0 Å². The number of hydrogen-bond acceptors (Lipinski definition) is 4. The summed E-state index contributed by atoms with van der Waals surface area (Å²) in [6.45, 7) is 11.3. The highest BCUT2D eigenvalue weighted by atomic mass is 16.5. The maximum atomic E-state index is 12.3. The van der Waals surface area contributed by atoms with Crippen LogP contribution in [0.5, 0.6) is 0 Å². The minimum atomic E-state index is -0.262. The largest absolute Gasteiger partial charge is 0.465 e. The number of nitrogens with zero attached hydrogens (tertiary/aromatic N) is 2. The lowest BCUT2D eigenvalue weighted by Crippen LogP contribution is -2.47. The zero-order valence-corrected chi connectivity index (χ0v) is 13.2. The standard InChI is InChI=1S/C15H28N2O3/c1-5-16(11-15(19)20-6-2)10-14(18)17-8-12(3)7-13(4)9-17/h12-13H,5-11H2,1-4H3. The molecule has 1 heterocycles. The fraction of sp³-hybridized carbons (Fsp3) is 0.867. The highest BCUT2D eigenvalue weighted by Gasteiger charge is 2.26. The highest BCUT2D eigenvalue weighted by Crippen LogP contribution is 2.20. The van der Waals surface area contributed by atoms with Gasteiger partial charge in [-0.1, -0.05) is 20.8 Å². The smallest absolute Gasteiger partial charge is 0.320 e. The van der Waals surface area contributed by atoms with Gasteiger partial charge in [0.15, 0.2) is 0 Å². The summed E-state index contributed by atoms with van der Waals surface area (Å²) in [5.74, 6) is 0.975. The quantitative estimate of drug-likeness (QED) is 0.691. The average Bonchev–Trinajstić information content (AvgIpc) is 2.36. The summed E-state index contributed by atoms with van der Waals surface area (Å²) < 4.78 is 4.93. The molecule has 1 saturated heterocycles. The van der Waals surface area contributed by atoms with Crippen LogP contribution in [0.15, 0.2) is 0 Å². The van der Waals surface area contributed by atoms with Crippen molar-refractivity contribution in [2.45, 2.75) is 34.1 Å². The topological polar surface area (TPSA) is 49.9 Å². The number of amides is 1. The number of likely N-dealkylation sites (N-methyl/N-ethyl adjacent to an activating group) is 1. The molecule has 116 valence electrons. The third kappa shape index (κ3) is 5.49. The number of piperidine rings is 1. The molecule has 0 aromatic rings. The Morgan fingerprint density at radius 2 is 1.75 bits per heavy atom. The van der Waals surface area contributed by atoms with Gasteiger partial charge in [0, 0.05) is 13.1 Å². The van der Waals surface area contributed by atoms with E-state index in [9.17, 15) is 9.59 Å². The molecule has 0 bridgehead atoms. The second-order valence-electron chi connectivity index (χ2n) is 5.85. The molecule has 1 amide bonds. The lowest BCUT2D eigenvalue weighted by molar-refractivity contribution is -0.145. The van der Waals surface area contributed by atoms with Gasteiger partial charge < -0.3 is 9.64 Å². The van der Waals surface area contributed by atoms with E-state index in [1.165, 1.54) is 6.42 Å². The fourth-order valence-corrected chi connectivity index (χ4v) is 2.83. The van der Waals surface area contributed by atoms with E-state index in [4.69, 9.17) is 4.74 Å². The SMILES string of the molecule is CCOC(=O)CN(CC)CC(=O)N1CC(C)CC(C)C1. The van der Waals surface area contributed by atoms with Crippen LogP contribution < -0.4 is 0 Å². The van der Waals surface area contributed by atoms with Crippen molar-refractivity contribution in [1.82, 2.24) is 9.80 Å². The van der Waals surface area contributed by atoms with Crippen LogP contribution in [-0.4, -0.2) is 61.0 Å². The van der Waals surface area contributed by atoms with Gasteiger partial charge in [-0.3, -0.25) is 14.5 Å². The molecule has 0 radical (unpaired) electrons. The highest BCUT2D eigenvalue weighted by molar-refractivity contribution is 5.79. The van der Waals surface area contributed by atoms with Crippen LogP contribution in [0, 0.1) is 11.8 Å². The predicted molar refractivity (Wildman–Crippen MR) is 78.3 cm³/mol. The van der Waals surface area contributed by atoms with Crippen LogP contribution >= 0.6 is 0 Å². The molecule has 5 heteroatoms. The minimum absolute atomic E-state index is 0.120. The molecule has 1 aliphatic heterocycles. The van der Waals surface area contributed by atoms with Crippen molar-refractivity contribution in [2.75, 3.05) is 39.3 Å². The maximum absolute atomic E-state index is 12.3. The third-order valence-electron chi connectivity index (χ3n) is 3.69. The summed E-state index contributed by atoms with van der Waals surface area (Å²) >= 11 is 0. The summed E-state index contributed by atoms with van der Waals surface area (Å²) in [6, 6.07) is 0. The van der Waals surface area contributed by atoms with E-state index in [2.05, 4.69) is 13.8 Å². The Bertz CT molecular complexity index is 323. The normalized spacial score (nSPS) is 22.9. The van der Waals surface area contributed by atoms with Crippen LogP contribution in [0.2, 0.25) is 0 Å². The van der Waals surface area contributed by atoms with Gasteiger partial charge in [-0.25, -0.2) is 0 Å². The lowest BCUT2D eigenvalue weighted by atomic mass is 9.92. The fourth-order valence-electron chi connectivity index (χ4n) is 2.83. The van der Waals surface area contributed by atoms with Crippen LogP contribution in [0.3, 0.4) is 0 Å². The number of esters is 1. The van der Waals surface area contributed by atoms with E-state index in [-0.39, 0.29) is 18.4 Å². The molecule has 1 aliphatic rings. The van der Waals surface area contributed by atoms with E-state index >= 15 is 0 Å². The second-order valence-corrected chi connectivity index (χ2v) is 5.85. The van der Waals surface area contributed by atoms with E-state index in [0.29, 0.717) is 31.5 Å². The summed E-state index contributed by atoms with van der Waals surface area (Å²) in [5, 5.41) is 0. The summed E-state index contributed by atoms with van der Waals surface area (Å²) in [7, 11) is 0. The first-order valence-corrected chi connectivity index (χ1v) is 7.61. The Morgan fingerprint density at radius 1 is 1.15 bits per heavy atom. The van der Waals surface area contributed by atoms with Crippen LogP contribution in [0.4, 0.5) is 0 Å². The van der Waals surface area contributed by atoms with Crippen LogP contribution in [-0.2, 0) is 14.3 Å². The van der Waals surface area contributed by atoms with Crippen molar-refractivity contribution in [2.24, 2.45) is 11.8 Å². The molecular weight excluding hydrogens is 256 g/mol. The molecule has 0 spiro atoms. The van der Waals surface area contributed by atoms with Gasteiger partial charge in [-0.15, -0.1) is 0 Å². The first-order chi connectivity index (χ1) is 9.46. The zero-order chi connectivity index (χ0) is 15.1. The molecule has 2 atom stereocenters. The molecule has 20 heavy (non-hydrogen) atoms. The van der Waals surface area contributed by atoms with Gasteiger partial charge in [0.25, 0.3) is 0 Å². The summed E-state index contributed by atoms with van der Waals surface area (Å²) in [5.41, 5.74) is 0. The molecule has 0 aliphatic carbocycles. The Balaban J connectivity index is 2.47. The van der Waals surface area contributed by atoms with Crippen molar-refractivity contribution in [3.63, 3.8) is 0 Å². The molecule has 0 aromatic heterocycles. The monoisotopic (exact) mass is 284 g/mol. The van der Waals surface area contributed by atoms with Crippen molar-refractivity contribution in [3.8, 4) is 0 Å². The molecule has 0 N–H and O–H groups in total. The molecule has 1 rings (SSSR count). The number of ether oxygens (including phenoxy) is 1. The molecular formula is C15H28N2O3. The van der Waals surface area contributed by atoms with Gasteiger partial charge in [-0.05, 0) is 31.7 Å². The average molecular weight is 284 g/mol. The molecule has 0 aromatic carbocycles. The Morgan fingerprint density at radius 3 is 2.25 bits per heavy atom. The van der Waals surface area contributed by atoms with Gasteiger partial charge >= 0.3 is 5.97 Å². The number of rotatable bonds is 6. The van der Waals surface area contributed by atoms with Gasteiger partial charge in [0.2, 0.25) is 5.91 Å². The molecule has 0 saturated carbocycles. The number of hydrogen-bond donors (Lipinski definition) is 0. The first-order valence-electron chi connectivity index (χ1n) is 7.61. The van der Waals surface area contributed by atoms with Crippen molar-refractivity contribution < 1.29 is 14.3 Å². The van der Waals surface area contributed by atoms with Crippen molar-refractivity contribution >= 4 is 11.9 Å². The Hall–Kier alpha value is -1.10. The zero-order valence-electron chi connectivity index (χ0n) is 13.2. The van der Waals surface area contributed by atoms with E-state index in [1.54, 1.807) is 6.92 Å². The number of carbonyl (C=O) groups is 2. The van der Waals surface area contributed by atoms with Crippen LogP contribution in [0.1, 0.15) is 34.1 Å². The van der Waals surface area contributed by atoms with Gasteiger partial charge in [0.05, 0.1) is 19.7 Å². The van der Waals surface area contributed by atoms with Crippen molar-refractivity contribution in [3.05, 3.63) is 0 Å². The van der Waals surface area contributed by atoms with E-state index < -0.39 is 0 Å². The molecule has 5 nitrogen and oxygen atoms in total. The van der Waals surface area contributed by atoms with E-state index in [1.807, 2.05) is 16.7 Å². The summed E-state index contributed by atoms with van der Waals surface area (Å²) in [6.07, 6.45) is 1.18.